The molecule has 0 aromatic heterocycles. The first-order chi connectivity index (χ1) is 21.6. The molecule has 0 spiro atoms. The molecule has 2 aliphatic heterocycles. The highest BCUT2D eigenvalue weighted by molar-refractivity contribution is 7.85. The number of halogens is 1. The SMILES string of the molecule is Cc1c(CS(=O)(=O)F)c(C)c(N2CCN(C(=O)OCC3c4ccccc4-c4ccccc43)CC2)c(C)c1B1OC(C)(C)C(C)(C)O1. The van der Waals surface area contributed by atoms with E-state index < -0.39 is 34.3 Å². The van der Waals surface area contributed by atoms with Gasteiger partial charge >= 0.3 is 23.4 Å². The van der Waals surface area contributed by atoms with Gasteiger partial charge in [-0.15, -0.1) is 3.89 Å². The lowest BCUT2D eigenvalue weighted by molar-refractivity contribution is 0.00578. The number of hydrogen-bond donors (Lipinski definition) is 0. The molecular formula is C35H42BFN2O6S. The molecule has 244 valence electrons. The van der Waals surface area contributed by atoms with Crippen LogP contribution in [-0.4, -0.2) is 70.5 Å². The fourth-order valence-corrected chi connectivity index (χ4v) is 8.03. The topological polar surface area (TPSA) is 85.4 Å². The van der Waals surface area contributed by atoms with E-state index in [2.05, 4.69) is 29.2 Å². The van der Waals surface area contributed by atoms with Gasteiger partial charge in [-0.2, -0.15) is 8.42 Å². The number of carbonyl (C=O) groups is 1. The number of anilines is 1. The maximum absolute atomic E-state index is 14.2. The van der Waals surface area contributed by atoms with Crippen LogP contribution >= 0.6 is 0 Å². The van der Waals surface area contributed by atoms with E-state index in [-0.39, 0.29) is 18.6 Å². The van der Waals surface area contributed by atoms with Crippen molar-refractivity contribution in [2.75, 3.05) is 37.7 Å². The summed E-state index contributed by atoms with van der Waals surface area (Å²) in [5.74, 6) is -0.751. The first-order valence-corrected chi connectivity index (χ1v) is 17.4. The molecule has 1 amide bonds. The van der Waals surface area contributed by atoms with Crippen molar-refractivity contribution in [3.63, 3.8) is 0 Å². The monoisotopic (exact) mass is 648 g/mol. The van der Waals surface area contributed by atoms with Gasteiger partial charge in [0.05, 0.1) is 11.2 Å². The number of rotatable bonds is 6. The third kappa shape index (κ3) is 5.71. The van der Waals surface area contributed by atoms with Crippen LogP contribution in [0.15, 0.2) is 48.5 Å². The Morgan fingerprint density at radius 1 is 0.870 bits per heavy atom. The second-order valence-corrected chi connectivity index (χ2v) is 15.0. The summed E-state index contributed by atoms with van der Waals surface area (Å²) in [7, 11) is -5.55. The van der Waals surface area contributed by atoms with Crippen molar-refractivity contribution in [3.05, 3.63) is 81.9 Å². The van der Waals surface area contributed by atoms with Crippen molar-refractivity contribution >= 4 is 34.6 Å². The largest absolute Gasteiger partial charge is 0.495 e. The van der Waals surface area contributed by atoms with Crippen LogP contribution in [0, 0.1) is 20.8 Å². The highest BCUT2D eigenvalue weighted by atomic mass is 32.3. The van der Waals surface area contributed by atoms with Crippen LogP contribution in [-0.2, 0) is 30.0 Å². The van der Waals surface area contributed by atoms with E-state index in [1.54, 1.807) is 11.8 Å². The zero-order chi connectivity index (χ0) is 33.2. The first kappa shape index (κ1) is 32.5. The molecule has 0 saturated carbocycles. The van der Waals surface area contributed by atoms with E-state index in [1.807, 2.05) is 65.8 Å². The summed E-state index contributed by atoms with van der Waals surface area (Å²) in [6, 6.07) is 16.5. The number of amides is 1. The second-order valence-electron chi connectivity index (χ2n) is 13.7. The van der Waals surface area contributed by atoms with Crippen molar-refractivity contribution < 1.29 is 31.1 Å². The van der Waals surface area contributed by atoms with Gasteiger partial charge in [0.1, 0.15) is 12.4 Å². The van der Waals surface area contributed by atoms with Crippen LogP contribution in [0.25, 0.3) is 11.1 Å². The molecule has 0 radical (unpaired) electrons. The third-order valence-corrected chi connectivity index (χ3v) is 11.1. The van der Waals surface area contributed by atoms with E-state index in [0.717, 1.165) is 27.8 Å². The average molecular weight is 649 g/mol. The molecule has 46 heavy (non-hydrogen) atoms. The maximum Gasteiger partial charge on any atom is 0.495 e. The van der Waals surface area contributed by atoms with Crippen LogP contribution in [0.2, 0.25) is 0 Å². The Hall–Kier alpha value is -3.41. The number of fused-ring (bicyclic) bond motifs is 3. The van der Waals surface area contributed by atoms with Crippen LogP contribution in [0.3, 0.4) is 0 Å². The average Bonchev–Trinajstić information content (AvgIpc) is 3.42. The van der Waals surface area contributed by atoms with Crippen LogP contribution in [0.1, 0.15) is 67.0 Å². The zero-order valence-electron chi connectivity index (χ0n) is 27.6. The highest BCUT2D eigenvalue weighted by Gasteiger charge is 2.53. The summed E-state index contributed by atoms with van der Waals surface area (Å²) in [5, 5.41) is 0. The summed E-state index contributed by atoms with van der Waals surface area (Å²) in [5.41, 5.74) is 7.65. The molecule has 3 aromatic carbocycles. The van der Waals surface area contributed by atoms with Crippen molar-refractivity contribution in [2.24, 2.45) is 0 Å². The minimum Gasteiger partial charge on any atom is -0.448 e. The minimum absolute atomic E-state index is 0.0193. The number of piperazine rings is 1. The molecular weight excluding hydrogens is 606 g/mol. The molecule has 1 aliphatic carbocycles. The van der Waals surface area contributed by atoms with E-state index in [9.17, 15) is 17.1 Å². The Bertz CT molecular complexity index is 1740. The van der Waals surface area contributed by atoms with Gasteiger partial charge in [0.2, 0.25) is 0 Å². The van der Waals surface area contributed by atoms with Gasteiger partial charge in [0.15, 0.2) is 0 Å². The molecule has 0 bridgehead atoms. The number of nitrogens with zero attached hydrogens (tertiary/aromatic N) is 2. The summed E-state index contributed by atoms with van der Waals surface area (Å²) < 4.78 is 56.7. The molecule has 0 unspecified atom stereocenters. The molecule has 2 fully saturated rings. The van der Waals surface area contributed by atoms with Gasteiger partial charge in [-0.3, -0.25) is 0 Å². The van der Waals surface area contributed by atoms with Crippen molar-refractivity contribution in [3.8, 4) is 11.1 Å². The van der Waals surface area contributed by atoms with Crippen molar-refractivity contribution in [2.45, 2.75) is 71.3 Å². The lowest BCUT2D eigenvalue weighted by Crippen LogP contribution is -2.50. The lowest BCUT2D eigenvalue weighted by atomic mass is 9.70. The highest BCUT2D eigenvalue weighted by Crippen LogP contribution is 2.45. The lowest BCUT2D eigenvalue weighted by Gasteiger charge is -2.38. The Labute approximate surface area is 272 Å². The summed E-state index contributed by atoms with van der Waals surface area (Å²) in [4.78, 5) is 17.2. The zero-order valence-corrected chi connectivity index (χ0v) is 28.5. The molecule has 6 rings (SSSR count). The van der Waals surface area contributed by atoms with Gasteiger partial charge in [0.25, 0.3) is 0 Å². The number of ether oxygens (including phenoxy) is 1. The number of benzene rings is 3. The molecule has 3 aliphatic rings. The van der Waals surface area contributed by atoms with E-state index in [0.29, 0.717) is 42.9 Å². The molecule has 2 heterocycles. The first-order valence-electron chi connectivity index (χ1n) is 15.8. The Balaban J connectivity index is 1.21. The van der Waals surface area contributed by atoms with Crippen LogP contribution in [0.5, 0.6) is 0 Å². The fourth-order valence-electron chi connectivity index (χ4n) is 7.25. The second kappa shape index (κ2) is 11.7. The van der Waals surface area contributed by atoms with Gasteiger partial charge in [0, 0.05) is 37.8 Å². The van der Waals surface area contributed by atoms with E-state index in [1.165, 1.54) is 11.1 Å². The van der Waals surface area contributed by atoms with Crippen LogP contribution < -0.4 is 10.4 Å². The third-order valence-electron chi connectivity index (χ3n) is 10.4. The molecule has 0 N–H and O–H groups in total. The van der Waals surface area contributed by atoms with Crippen molar-refractivity contribution in [1.82, 2.24) is 4.90 Å². The van der Waals surface area contributed by atoms with Crippen LogP contribution in [0.4, 0.5) is 14.4 Å². The molecule has 0 atom stereocenters. The quantitative estimate of drug-likeness (QED) is 0.248. The Morgan fingerprint density at radius 3 is 1.91 bits per heavy atom. The fraction of sp³-hybridized carbons (Fsp3) is 0.457. The molecule has 11 heteroatoms. The maximum atomic E-state index is 14.2. The standard InChI is InChI=1S/C35H42BFN2O6S/c1-22-30(21-46(37,41)42)23(2)32(24(3)31(22)36-44-34(4,5)35(6,7)45-36)38-16-18-39(19-17-38)33(40)43-20-29-27-14-10-8-12-25(27)26-13-9-11-15-28(26)29/h8-15,29H,16-21H2,1-7H3. The summed E-state index contributed by atoms with van der Waals surface area (Å²) in [6.07, 6.45) is -0.360. The Morgan fingerprint density at radius 2 is 1.39 bits per heavy atom. The minimum atomic E-state index is -4.81. The molecule has 3 aromatic rings. The predicted octanol–water partition coefficient (Wildman–Crippen LogP) is 5.78. The predicted molar refractivity (Wildman–Crippen MR) is 179 cm³/mol. The van der Waals surface area contributed by atoms with Gasteiger partial charge in [-0.1, -0.05) is 48.5 Å². The molecule has 8 nitrogen and oxygen atoms in total. The normalized spacial score (nSPS) is 18.9. The van der Waals surface area contributed by atoms with E-state index >= 15 is 0 Å². The number of carbonyl (C=O) groups excluding carboxylic acids is 1. The van der Waals surface area contributed by atoms with E-state index in [4.69, 9.17) is 14.0 Å². The Kier molecular flexibility index (Phi) is 8.26. The summed E-state index contributed by atoms with van der Waals surface area (Å²) >= 11 is 0. The van der Waals surface area contributed by atoms with Crippen molar-refractivity contribution in [1.29, 1.82) is 0 Å². The smallest absolute Gasteiger partial charge is 0.448 e. The molecule has 2 saturated heterocycles. The van der Waals surface area contributed by atoms with Gasteiger partial charge < -0.3 is 23.8 Å². The summed E-state index contributed by atoms with van der Waals surface area (Å²) in [6.45, 7) is 15.6. The van der Waals surface area contributed by atoms with Gasteiger partial charge in [-0.05, 0) is 98.4 Å². The number of hydrogen-bond acceptors (Lipinski definition) is 7. The van der Waals surface area contributed by atoms with Gasteiger partial charge in [-0.25, -0.2) is 4.79 Å².